The number of carboxylic acid groups (broad SMARTS) is 1. The number of aryl methyl sites for hydroxylation is 2. The van der Waals surface area contributed by atoms with E-state index in [1.54, 1.807) is 42.5 Å². The molecule has 8 heteroatoms. The summed E-state index contributed by atoms with van der Waals surface area (Å²) in [7, 11) is 0. The molecule has 0 aliphatic heterocycles. The van der Waals surface area contributed by atoms with Crippen molar-refractivity contribution < 1.29 is 28.1 Å². The first-order chi connectivity index (χ1) is 15.4. The van der Waals surface area contributed by atoms with Crippen molar-refractivity contribution in [2.75, 3.05) is 17.5 Å². The number of nitrogens with zero attached hydrogens (tertiary/aromatic N) is 1. The molecule has 1 atom stereocenters. The molecule has 0 amide bonds. The van der Waals surface area contributed by atoms with Gasteiger partial charge in [-0.1, -0.05) is 30.3 Å². The van der Waals surface area contributed by atoms with Gasteiger partial charge in [0.25, 0.3) is 0 Å². The van der Waals surface area contributed by atoms with E-state index in [0.717, 1.165) is 11.1 Å². The van der Waals surface area contributed by atoms with E-state index >= 15 is 0 Å². The SMILES string of the molecule is Cc1cccc(N(c2ccc(OCCOc3ccccc3CCC(=O)O)cc2)S(=O)[O-])c1. The average molecular weight is 455 g/mol. The molecule has 0 bridgehead atoms. The standard InChI is InChI=1S/C24H25NO6S/c1-18-5-4-7-21(17-18)25(32(28)29)20-10-12-22(13-11-20)30-15-16-31-23-8-3-2-6-19(23)9-14-24(26)27/h2-8,10-13,17H,9,14-16H2,1H3,(H,26,27)(H,28,29)/p-1. The van der Waals surface area contributed by atoms with Crippen molar-refractivity contribution in [1.82, 2.24) is 0 Å². The fraction of sp³-hybridized carbons (Fsp3) is 0.208. The third-order valence-corrected chi connectivity index (χ3v) is 5.37. The predicted octanol–water partition coefficient (Wildman–Crippen LogP) is 4.40. The first-order valence-corrected chi connectivity index (χ1v) is 11.1. The lowest BCUT2D eigenvalue weighted by atomic mass is 10.1. The number of rotatable bonds is 11. The maximum absolute atomic E-state index is 11.8. The van der Waals surface area contributed by atoms with Gasteiger partial charge in [0.2, 0.25) is 0 Å². The summed E-state index contributed by atoms with van der Waals surface area (Å²) in [4.78, 5) is 10.8. The van der Waals surface area contributed by atoms with Crippen LogP contribution in [0.4, 0.5) is 11.4 Å². The lowest BCUT2D eigenvalue weighted by Crippen LogP contribution is -2.19. The van der Waals surface area contributed by atoms with E-state index in [2.05, 4.69) is 0 Å². The number of benzene rings is 3. The van der Waals surface area contributed by atoms with Gasteiger partial charge in [0.15, 0.2) is 0 Å². The second kappa shape index (κ2) is 11.3. The van der Waals surface area contributed by atoms with Crippen LogP contribution in [0.2, 0.25) is 0 Å². The van der Waals surface area contributed by atoms with Gasteiger partial charge in [-0.2, -0.15) is 0 Å². The Kier molecular flexibility index (Phi) is 8.24. The Morgan fingerprint density at radius 1 is 0.969 bits per heavy atom. The molecule has 0 saturated carbocycles. The highest BCUT2D eigenvalue weighted by atomic mass is 32.2. The molecule has 0 heterocycles. The van der Waals surface area contributed by atoms with Gasteiger partial charge in [-0.3, -0.25) is 13.3 Å². The Morgan fingerprint density at radius 3 is 2.38 bits per heavy atom. The van der Waals surface area contributed by atoms with Crippen molar-refractivity contribution in [1.29, 1.82) is 0 Å². The van der Waals surface area contributed by atoms with Crippen LogP contribution in [0.3, 0.4) is 0 Å². The summed E-state index contributed by atoms with van der Waals surface area (Å²) in [6.45, 7) is 2.46. The minimum absolute atomic E-state index is 0.0386. The Morgan fingerprint density at radius 2 is 1.69 bits per heavy atom. The fourth-order valence-electron chi connectivity index (χ4n) is 3.16. The number of hydrogen-bond donors (Lipinski definition) is 1. The van der Waals surface area contributed by atoms with Gasteiger partial charge in [0, 0.05) is 6.42 Å². The minimum atomic E-state index is -2.47. The summed E-state index contributed by atoms with van der Waals surface area (Å²) in [6.07, 6.45) is 0.434. The molecular formula is C24H24NO6S-. The lowest BCUT2D eigenvalue weighted by molar-refractivity contribution is -0.136. The number of aliphatic carboxylic acids is 1. The van der Waals surface area contributed by atoms with Crippen molar-refractivity contribution in [3.63, 3.8) is 0 Å². The highest BCUT2D eigenvalue weighted by molar-refractivity contribution is 7.81. The molecule has 0 aliphatic carbocycles. The Bertz CT molecular complexity index is 1070. The Labute approximate surface area is 189 Å². The summed E-state index contributed by atoms with van der Waals surface area (Å²) in [5.41, 5.74) is 2.85. The smallest absolute Gasteiger partial charge is 0.303 e. The topological polar surface area (TPSA) is 99.1 Å². The molecule has 1 N–H and O–H groups in total. The normalized spacial score (nSPS) is 11.6. The highest BCUT2D eigenvalue weighted by Gasteiger charge is 2.11. The summed E-state index contributed by atoms with van der Waals surface area (Å²) in [5.74, 6) is 0.366. The minimum Gasteiger partial charge on any atom is -0.755 e. The summed E-state index contributed by atoms with van der Waals surface area (Å²) in [6, 6.07) is 21.3. The van der Waals surface area contributed by atoms with E-state index < -0.39 is 17.2 Å². The first kappa shape index (κ1) is 23.3. The van der Waals surface area contributed by atoms with Gasteiger partial charge < -0.3 is 19.1 Å². The third kappa shape index (κ3) is 6.57. The van der Waals surface area contributed by atoms with Crippen LogP contribution in [0.25, 0.3) is 0 Å². The number of carbonyl (C=O) groups is 1. The number of hydrogen-bond acceptors (Lipinski definition) is 5. The Hall–Kier alpha value is -3.36. The van der Waals surface area contributed by atoms with Crippen LogP contribution in [0.5, 0.6) is 11.5 Å². The molecule has 0 aromatic heterocycles. The fourth-order valence-corrected chi connectivity index (χ4v) is 3.74. The third-order valence-electron chi connectivity index (χ3n) is 4.65. The van der Waals surface area contributed by atoms with Gasteiger partial charge in [-0.15, -0.1) is 0 Å². The van der Waals surface area contributed by atoms with Gasteiger partial charge >= 0.3 is 5.97 Å². The first-order valence-electron chi connectivity index (χ1n) is 10.1. The Balaban J connectivity index is 1.56. The summed E-state index contributed by atoms with van der Waals surface area (Å²) < 4.78 is 36.3. The van der Waals surface area contributed by atoms with E-state index in [9.17, 15) is 13.6 Å². The van der Waals surface area contributed by atoms with Gasteiger partial charge in [0.1, 0.15) is 24.7 Å². The second-order valence-electron chi connectivity index (χ2n) is 7.04. The maximum atomic E-state index is 11.8. The van der Waals surface area contributed by atoms with Crippen molar-refractivity contribution in [2.45, 2.75) is 19.8 Å². The second-order valence-corrected chi connectivity index (χ2v) is 7.84. The molecule has 32 heavy (non-hydrogen) atoms. The quantitative estimate of drug-likeness (QED) is 0.341. The predicted molar refractivity (Wildman–Crippen MR) is 122 cm³/mol. The highest BCUT2D eigenvalue weighted by Crippen LogP contribution is 2.29. The van der Waals surface area contributed by atoms with Crippen LogP contribution in [-0.2, 0) is 22.5 Å². The molecule has 3 rings (SSSR count). The molecule has 3 aromatic carbocycles. The summed E-state index contributed by atoms with van der Waals surface area (Å²) in [5, 5.41) is 8.87. The molecule has 168 valence electrons. The van der Waals surface area contributed by atoms with Crippen LogP contribution in [0.1, 0.15) is 17.5 Å². The summed E-state index contributed by atoms with van der Waals surface area (Å²) >= 11 is -2.47. The van der Waals surface area contributed by atoms with E-state index in [-0.39, 0.29) is 19.6 Å². The van der Waals surface area contributed by atoms with Crippen molar-refractivity contribution in [3.05, 3.63) is 83.9 Å². The van der Waals surface area contributed by atoms with E-state index in [1.165, 1.54) is 4.31 Å². The number of ether oxygens (including phenoxy) is 2. The van der Waals surface area contributed by atoms with Crippen molar-refractivity contribution in [3.8, 4) is 11.5 Å². The van der Waals surface area contributed by atoms with Crippen LogP contribution in [0.15, 0.2) is 72.8 Å². The zero-order valence-electron chi connectivity index (χ0n) is 17.6. The van der Waals surface area contributed by atoms with Crippen LogP contribution >= 0.6 is 0 Å². The lowest BCUT2D eigenvalue weighted by Gasteiger charge is -2.26. The molecule has 0 fully saturated rings. The number of anilines is 2. The van der Waals surface area contributed by atoms with Gasteiger partial charge in [0.05, 0.1) is 22.6 Å². The van der Waals surface area contributed by atoms with E-state index in [4.69, 9.17) is 14.6 Å². The zero-order valence-corrected chi connectivity index (χ0v) is 18.4. The molecule has 0 aliphatic rings. The molecule has 1 unspecified atom stereocenters. The van der Waals surface area contributed by atoms with E-state index in [1.807, 2.05) is 37.3 Å². The molecule has 0 saturated heterocycles. The largest absolute Gasteiger partial charge is 0.755 e. The van der Waals surface area contributed by atoms with Crippen LogP contribution in [-0.4, -0.2) is 33.1 Å². The molecular weight excluding hydrogens is 430 g/mol. The molecule has 0 spiro atoms. The number of carboxylic acids is 1. The monoisotopic (exact) mass is 454 g/mol. The van der Waals surface area contributed by atoms with Crippen LogP contribution in [0, 0.1) is 6.92 Å². The average Bonchev–Trinajstić information content (AvgIpc) is 2.77. The van der Waals surface area contributed by atoms with Gasteiger partial charge in [-0.25, -0.2) is 0 Å². The number of para-hydroxylation sites is 1. The maximum Gasteiger partial charge on any atom is 0.303 e. The van der Waals surface area contributed by atoms with E-state index in [0.29, 0.717) is 29.3 Å². The molecule has 3 aromatic rings. The van der Waals surface area contributed by atoms with Gasteiger partial charge in [-0.05, 0) is 66.9 Å². The van der Waals surface area contributed by atoms with Crippen LogP contribution < -0.4 is 13.8 Å². The van der Waals surface area contributed by atoms with Crippen molar-refractivity contribution >= 4 is 28.6 Å². The van der Waals surface area contributed by atoms with Crippen molar-refractivity contribution in [2.24, 2.45) is 0 Å². The zero-order chi connectivity index (χ0) is 22.9. The molecule has 0 radical (unpaired) electrons. The molecule has 7 nitrogen and oxygen atoms in total.